The molecule has 1 fully saturated rings. The summed E-state index contributed by atoms with van der Waals surface area (Å²) in [5, 5.41) is 3.56. The van der Waals surface area contributed by atoms with Gasteiger partial charge in [0.05, 0.1) is 0 Å². The van der Waals surface area contributed by atoms with Crippen LogP contribution < -0.4 is 0 Å². The lowest BCUT2D eigenvalue weighted by Gasteiger charge is -2.19. The summed E-state index contributed by atoms with van der Waals surface area (Å²) in [4.78, 5) is 5.29. The van der Waals surface area contributed by atoms with Gasteiger partial charge >= 0.3 is 0 Å². The molecular weight excluding hydrogens is 188 g/mol. The van der Waals surface area contributed by atoms with Crippen molar-refractivity contribution in [3.8, 4) is 0 Å². The van der Waals surface area contributed by atoms with Crippen LogP contribution >= 0.6 is 0 Å². The maximum absolute atomic E-state index is 8.16. The monoisotopic (exact) mass is 210 g/mol. The first-order valence-corrected chi connectivity index (χ1v) is 6.10. The summed E-state index contributed by atoms with van der Waals surface area (Å²) in [6.45, 7) is 6.49. The smallest absolute Gasteiger partial charge is 0.0270 e. The van der Waals surface area contributed by atoms with Gasteiger partial charge in [0.15, 0.2) is 0 Å². The molecule has 0 aromatic rings. The van der Waals surface area contributed by atoms with Crippen LogP contribution in [-0.2, 0) is 0 Å². The summed E-state index contributed by atoms with van der Waals surface area (Å²) in [6, 6.07) is 0. The molecule has 1 atom stereocenters. The van der Waals surface area contributed by atoms with E-state index in [4.69, 9.17) is 5.53 Å². The SMILES string of the molecule is CCC1CCCN(CCCN=[N+]=[N-])CC1. The van der Waals surface area contributed by atoms with Crippen LogP contribution in [0, 0.1) is 5.92 Å². The van der Waals surface area contributed by atoms with Crippen molar-refractivity contribution < 1.29 is 0 Å². The van der Waals surface area contributed by atoms with Crippen LogP contribution in [0.3, 0.4) is 0 Å². The van der Waals surface area contributed by atoms with Crippen LogP contribution in [0.4, 0.5) is 0 Å². The molecule has 0 bridgehead atoms. The molecule has 0 amide bonds. The van der Waals surface area contributed by atoms with Crippen molar-refractivity contribution in [2.45, 2.75) is 39.0 Å². The molecule has 1 unspecified atom stereocenters. The van der Waals surface area contributed by atoms with Gasteiger partial charge in [0.1, 0.15) is 0 Å². The normalized spacial score (nSPS) is 23.1. The Bertz CT molecular complexity index is 211. The summed E-state index contributed by atoms with van der Waals surface area (Å²) in [7, 11) is 0. The number of likely N-dealkylation sites (tertiary alicyclic amines) is 1. The van der Waals surface area contributed by atoms with Crippen LogP contribution in [0.25, 0.3) is 10.4 Å². The van der Waals surface area contributed by atoms with Gasteiger partial charge in [0.2, 0.25) is 0 Å². The van der Waals surface area contributed by atoms with Crippen molar-refractivity contribution >= 4 is 0 Å². The van der Waals surface area contributed by atoms with Gasteiger partial charge in [-0.2, -0.15) is 0 Å². The van der Waals surface area contributed by atoms with Crippen molar-refractivity contribution in [2.24, 2.45) is 11.0 Å². The average Bonchev–Trinajstić information content (AvgIpc) is 2.49. The molecule has 0 spiro atoms. The minimum atomic E-state index is 0.643. The van der Waals surface area contributed by atoms with Crippen LogP contribution in [0.1, 0.15) is 39.0 Å². The summed E-state index contributed by atoms with van der Waals surface area (Å²) in [5.41, 5.74) is 8.16. The topological polar surface area (TPSA) is 52.0 Å². The van der Waals surface area contributed by atoms with E-state index >= 15 is 0 Å². The van der Waals surface area contributed by atoms with Crippen molar-refractivity contribution in [3.63, 3.8) is 0 Å². The first kappa shape index (κ1) is 12.3. The summed E-state index contributed by atoms with van der Waals surface area (Å²) in [5.74, 6) is 0.937. The molecule has 86 valence electrons. The molecule has 0 aromatic carbocycles. The molecule has 1 aliphatic rings. The standard InChI is InChI=1S/C11H22N4/c1-2-11-5-3-8-15(10-6-11)9-4-7-13-14-12/h11H,2-10H2,1H3. The Morgan fingerprint density at radius 2 is 2.27 bits per heavy atom. The van der Waals surface area contributed by atoms with Crippen LogP contribution in [-0.4, -0.2) is 31.1 Å². The molecule has 15 heavy (non-hydrogen) atoms. The first-order chi connectivity index (χ1) is 7.36. The van der Waals surface area contributed by atoms with Gasteiger partial charge in [0, 0.05) is 11.5 Å². The predicted octanol–water partition coefficient (Wildman–Crippen LogP) is 3.20. The Balaban J connectivity index is 2.16. The minimum Gasteiger partial charge on any atom is -0.303 e. The molecule has 1 heterocycles. The van der Waals surface area contributed by atoms with E-state index in [9.17, 15) is 0 Å². The van der Waals surface area contributed by atoms with E-state index in [0.717, 1.165) is 18.9 Å². The third-order valence-corrected chi connectivity index (χ3v) is 3.31. The van der Waals surface area contributed by atoms with Gasteiger partial charge in [-0.25, -0.2) is 0 Å². The fourth-order valence-corrected chi connectivity index (χ4v) is 2.27. The largest absolute Gasteiger partial charge is 0.303 e. The Kier molecular flexibility index (Phi) is 6.21. The zero-order chi connectivity index (χ0) is 10.9. The van der Waals surface area contributed by atoms with Gasteiger partial charge in [-0.1, -0.05) is 18.5 Å². The molecule has 4 nitrogen and oxygen atoms in total. The second-order valence-electron chi connectivity index (χ2n) is 4.35. The van der Waals surface area contributed by atoms with E-state index in [2.05, 4.69) is 21.8 Å². The maximum Gasteiger partial charge on any atom is 0.0270 e. The van der Waals surface area contributed by atoms with Gasteiger partial charge in [-0.15, -0.1) is 0 Å². The summed E-state index contributed by atoms with van der Waals surface area (Å²) < 4.78 is 0. The lowest BCUT2D eigenvalue weighted by molar-refractivity contribution is 0.278. The highest BCUT2D eigenvalue weighted by Crippen LogP contribution is 2.20. The van der Waals surface area contributed by atoms with Crippen molar-refractivity contribution in [3.05, 3.63) is 10.4 Å². The predicted molar refractivity (Wildman–Crippen MR) is 62.7 cm³/mol. The second-order valence-corrected chi connectivity index (χ2v) is 4.35. The number of hydrogen-bond donors (Lipinski definition) is 0. The van der Waals surface area contributed by atoms with E-state index in [-0.39, 0.29) is 0 Å². The van der Waals surface area contributed by atoms with E-state index in [0.29, 0.717) is 6.54 Å². The molecule has 0 aromatic heterocycles. The van der Waals surface area contributed by atoms with Crippen LogP contribution in [0.2, 0.25) is 0 Å². The molecule has 0 saturated carbocycles. The van der Waals surface area contributed by atoms with Gasteiger partial charge < -0.3 is 4.90 Å². The zero-order valence-electron chi connectivity index (χ0n) is 9.73. The third kappa shape index (κ3) is 5.05. The fraction of sp³-hybridized carbons (Fsp3) is 1.00. The molecule has 1 rings (SSSR count). The average molecular weight is 210 g/mol. The van der Waals surface area contributed by atoms with E-state index < -0.39 is 0 Å². The maximum atomic E-state index is 8.16. The first-order valence-electron chi connectivity index (χ1n) is 6.10. The molecule has 4 heteroatoms. The second kappa shape index (κ2) is 7.55. The molecule has 1 aliphatic heterocycles. The zero-order valence-corrected chi connectivity index (χ0v) is 9.73. The summed E-state index contributed by atoms with van der Waals surface area (Å²) >= 11 is 0. The number of rotatable bonds is 5. The van der Waals surface area contributed by atoms with Gasteiger partial charge in [-0.3, -0.25) is 0 Å². The van der Waals surface area contributed by atoms with E-state index in [1.54, 1.807) is 0 Å². The fourth-order valence-electron chi connectivity index (χ4n) is 2.27. The van der Waals surface area contributed by atoms with Gasteiger partial charge in [0.25, 0.3) is 0 Å². The van der Waals surface area contributed by atoms with Crippen LogP contribution in [0.5, 0.6) is 0 Å². The molecule has 0 N–H and O–H groups in total. The Labute approximate surface area is 92.3 Å². The Hall–Kier alpha value is -0.730. The minimum absolute atomic E-state index is 0.643. The van der Waals surface area contributed by atoms with Gasteiger partial charge in [-0.05, 0) is 56.8 Å². The van der Waals surface area contributed by atoms with Crippen molar-refractivity contribution in [1.29, 1.82) is 0 Å². The third-order valence-electron chi connectivity index (χ3n) is 3.31. The van der Waals surface area contributed by atoms with Crippen molar-refractivity contribution in [2.75, 3.05) is 26.2 Å². The molecule has 1 saturated heterocycles. The summed E-state index contributed by atoms with van der Waals surface area (Å²) in [6.07, 6.45) is 6.40. The highest BCUT2D eigenvalue weighted by molar-refractivity contribution is 4.69. The Morgan fingerprint density at radius 3 is 3.00 bits per heavy atom. The Morgan fingerprint density at radius 1 is 1.40 bits per heavy atom. The number of hydrogen-bond acceptors (Lipinski definition) is 2. The van der Waals surface area contributed by atoms with Crippen LogP contribution in [0.15, 0.2) is 5.11 Å². The number of azide groups is 1. The van der Waals surface area contributed by atoms with Crippen molar-refractivity contribution in [1.82, 2.24) is 4.90 Å². The van der Waals surface area contributed by atoms with E-state index in [1.807, 2.05) is 0 Å². The quantitative estimate of drug-likeness (QED) is 0.297. The lowest BCUT2D eigenvalue weighted by atomic mass is 9.98. The molecule has 0 radical (unpaired) electrons. The lowest BCUT2D eigenvalue weighted by Crippen LogP contribution is -2.26. The number of nitrogens with zero attached hydrogens (tertiary/aromatic N) is 4. The molecule has 0 aliphatic carbocycles. The highest BCUT2D eigenvalue weighted by Gasteiger charge is 2.14. The van der Waals surface area contributed by atoms with E-state index in [1.165, 1.54) is 38.8 Å². The molecular formula is C11H22N4. The highest BCUT2D eigenvalue weighted by atomic mass is 15.1.